The molecule has 1 saturated heterocycles. The van der Waals surface area contributed by atoms with Crippen LogP contribution in [0.15, 0.2) is 48.5 Å². The van der Waals surface area contributed by atoms with Crippen LogP contribution in [-0.4, -0.2) is 35.6 Å². The monoisotopic (exact) mass is 418 g/mol. The Kier molecular flexibility index (Phi) is 4.96. The van der Waals surface area contributed by atoms with Crippen molar-refractivity contribution < 1.29 is 9.53 Å². The Balaban J connectivity index is 1.31. The molecule has 0 spiro atoms. The van der Waals surface area contributed by atoms with Gasteiger partial charge in [0.2, 0.25) is 0 Å². The number of anilines is 2. The number of para-hydroxylation sites is 1. The van der Waals surface area contributed by atoms with E-state index in [1.54, 1.807) is 0 Å². The molecule has 1 N–H and O–H groups in total. The molecule has 1 fully saturated rings. The highest BCUT2D eigenvalue weighted by atomic mass is 32.1. The van der Waals surface area contributed by atoms with Crippen molar-refractivity contribution in [3.8, 4) is 5.75 Å². The van der Waals surface area contributed by atoms with E-state index in [2.05, 4.69) is 33.4 Å². The first-order chi connectivity index (χ1) is 14.7. The maximum absolute atomic E-state index is 12.4. The van der Waals surface area contributed by atoms with E-state index in [1.807, 2.05) is 37.3 Å². The molecule has 1 aliphatic heterocycles. The number of fused-ring (bicyclic) bond motifs is 2. The highest BCUT2D eigenvalue weighted by Gasteiger charge is 2.15. The second-order valence-corrected chi connectivity index (χ2v) is 8.55. The number of benzene rings is 2. The maximum Gasteiger partial charge on any atom is 0.264 e. The van der Waals surface area contributed by atoms with Crippen molar-refractivity contribution in [1.82, 2.24) is 9.97 Å². The fourth-order valence-electron chi connectivity index (χ4n) is 3.73. The average molecular weight is 419 g/mol. The molecule has 0 saturated carbocycles. The van der Waals surface area contributed by atoms with Crippen molar-refractivity contribution in [1.29, 1.82) is 0 Å². The molecule has 6 nitrogen and oxygen atoms in total. The number of nitrogens with zero attached hydrogens (tertiary/aromatic N) is 3. The Morgan fingerprint density at radius 1 is 1.13 bits per heavy atom. The van der Waals surface area contributed by atoms with Gasteiger partial charge in [-0.2, -0.15) is 0 Å². The number of aromatic nitrogens is 2. The average Bonchev–Trinajstić information content (AvgIpc) is 3.41. The van der Waals surface area contributed by atoms with Gasteiger partial charge in [0.05, 0.1) is 10.2 Å². The number of thiazole rings is 1. The largest absolute Gasteiger partial charge is 0.481 e. The number of pyridine rings is 1. The number of carbonyl (C=O) groups excluding carboxylic acids is 1. The number of hydrogen-bond acceptors (Lipinski definition) is 6. The highest BCUT2D eigenvalue weighted by Crippen LogP contribution is 2.29. The number of amides is 1. The summed E-state index contributed by atoms with van der Waals surface area (Å²) in [5.41, 5.74) is 2.84. The van der Waals surface area contributed by atoms with Gasteiger partial charge in [-0.3, -0.25) is 10.1 Å². The molecule has 0 unspecified atom stereocenters. The van der Waals surface area contributed by atoms with E-state index < -0.39 is 0 Å². The summed E-state index contributed by atoms with van der Waals surface area (Å²) in [4.78, 5) is 24.0. The number of carbonyl (C=O) groups is 1. The summed E-state index contributed by atoms with van der Waals surface area (Å²) in [6, 6.07) is 15.9. The molecule has 2 aromatic heterocycles. The van der Waals surface area contributed by atoms with E-state index in [1.165, 1.54) is 29.7 Å². The summed E-state index contributed by atoms with van der Waals surface area (Å²) in [5, 5.41) is 4.42. The van der Waals surface area contributed by atoms with Crippen LogP contribution in [0.1, 0.15) is 18.4 Å². The van der Waals surface area contributed by atoms with Gasteiger partial charge in [-0.25, -0.2) is 9.97 Å². The minimum atomic E-state index is -0.238. The first-order valence-corrected chi connectivity index (χ1v) is 10.9. The molecule has 0 atom stereocenters. The minimum Gasteiger partial charge on any atom is -0.481 e. The number of rotatable bonds is 5. The number of hydrogen-bond donors (Lipinski definition) is 1. The molecule has 2 aromatic carbocycles. The molecular weight excluding hydrogens is 396 g/mol. The normalized spacial score (nSPS) is 13.8. The van der Waals surface area contributed by atoms with E-state index in [4.69, 9.17) is 9.72 Å². The molecule has 152 valence electrons. The van der Waals surface area contributed by atoms with Crippen molar-refractivity contribution in [2.45, 2.75) is 19.8 Å². The zero-order chi connectivity index (χ0) is 20.5. The fourth-order valence-corrected chi connectivity index (χ4v) is 4.71. The van der Waals surface area contributed by atoms with Gasteiger partial charge in [0, 0.05) is 18.5 Å². The van der Waals surface area contributed by atoms with Gasteiger partial charge in [-0.05, 0) is 55.7 Å². The Bertz CT molecular complexity index is 1230. The topological polar surface area (TPSA) is 67.3 Å². The number of nitrogens with one attached hydrogen (secondary N) is 1. The highest BCUT2D eigenvalue weighted by molar-refractivity contribution is 7.22. The summed E-state index contributed by atoms with van der Waals surface area (Å²) < 4.78 is 6.90. The molecule has 0 bridgehead atoms. The number of ether oxygens (including phenoxy) is 1. The van der Waals surface area contributed by atoms with Crippen LogP contribution >= 0.6 is 11.3 Å². The SMILES string of the molecule is Cc1ccc2nc(NC(=O)COc3cccc4ccc(N5CCCC5)nc34)sc2c1. The summed E-state index contributed by atoms with van der Waals surface area (Å²) in [6.07, 6.45) is 2.40. The molecule has 0 aliphatic carbocycles. The van der Waals surface area contributed by atoms with Crippen molar-refractivity contribution >= 4 is 49.3 Å². The summed E-state index contributed by atoms with van der Waals surface area (Å²) in [5.74, 6) is 1.34. The Hall–Kier alpha value is -3.19. The molecule has 7 heteroatoms. The van der Waals surface area contributed by atoms with Gasteiger partial charge in [-0.1, -0.05) is 29.5 Å². The number of aryl methyl sites for hydroxylation is 1. The Labute approximate surface area is 178 Å². The van der Waals surface area contributed by atoms with Crippen molar-refractivity contribution in [2.24, 2.45) is 0 Å². The van der Waals surface area contributed by atoms with Crippen LogP contribution in [0, 0.1) is 6.92 Å². The molecular formula is C23H22N4O2S. The predicted molar refractivity (Wildman–Crippen MR) is 122 cm³/mol. The Morgan fingerprint density at radius 2 is 2.00 bits per heavy atom. The van der Waals surface area contributed by atoms with Crippen molar-refractivity contribution in [3.63, 3.8) is 0 Å². The summed E-state index contributed by atoms with van der Waals surface area (Å²) in [7, 11) is 0. The van der Waals surface area contributed by atoms with Crippen LogP contribution in [0.3, 0.4) is 0 Å². The second kappa shape index (κ2) is 7.91. The lowest BCUT2D eigenvalue weighted by Crippen LogP contribution is -2.20. The van der Waals surface area contributed by atoms with Crippen LogP contribution in [0.2, 0.25) is 0 Å². The van der Waals surface area contributed by atoms with Gasteiger partial charge in [0.25, 0.3) is 5.91 Å². The minimum absolute atomic E-state index is 0.0936. The van der Waals surface area contributed by atoms with Gasteiger partial charge in [0.15, 0.2) is 11.7 Å². The third-order valence-electron chi connectivity index (χ3n) is 5.25. The predicted octanol–water partition coefficient (Wildman–Crippen LogP) is 4.77. The lowest BCUT2D eigenvalue weighted by atomic mass is 10.2. The maximum atomic E-state index is 12.4. The van der Waals surface area contributed by atoms with E-state index in [9.17, 15) is 4.79 Å². The zero-order valence-corrected chi connectivity index (χ0v) is 17.5. The standard InChI is InChI=1S/C23H22N4O2S/c1-15-7-9-17-19(13-15)30-23(24-17)26-21(28)14-29-18-6-4-5-16-8-10-20(25-22(16)18)27-11-2-3-12-27/h4-10,13H,2-3,11-12,14H2,1H3,(H,24,26,28). The van der Waals surface area contributed by atoms with E-state index >= 15 is 0 Å². The fraction of sp³-hybridized carbons (Fsp3) is 0.261. The van der Waals surface area contributed by atoms with Crippen LogP contribution in [0.5, 0.6) is 5.75 Å². The molecule has 5 rings (SSSR count). The van der Waals surface area contributed by atoms with Crippen LogP contribution < -0.4 is 15.0 Å². The van der Waals surface area contributed by atoms with Gasteiger partial charge in [-0.15, -0.1) is 0 Å². The summed E-state index contributed by atoms with van der Waals surface area (Å²) in [6.45, 7) is 4.01. The third-order valence-corrected chi connectivity index (χ3v) is 6.18. The van der Waals surface area contributed by atoms with E-state index in [0.717, 1.165) is 40.0 Å². The molecule has 4 aromatic rings. The Morgan fingerprint density at radius 3 is 2.87 bits per heavy atom. The van der Waals surface area contributed by atoms with Crippen LogP contribution in [-0.2, 0) is 4.79 Å². The van der Waals surface area contributed by atoms with Gasteiger partial charge < -0.3 is 9.64 Å². The second-order valence-electron chi connectivity index (χ2n) is 7.52. The van der Waals surface area contributed by atoms with Gasteiger partial charge >= 0.3 is 0 Å². The molecule has 1 amide bonds. The summed E-state index contributed by atoms with van der Waals surface area (Å²) >= 11 is 1.46. The third kappa shape index (κ3) is 3.80. The lowest BCUT2D eigenvalue weighted by molar-refractivity contribution is -0.118. The van der Waals surface area contributed by atoms with Crippen molar-refractivity contribution in [2.75, 3.05) is 29.9 Å². The molecule has 1 aliphatic rings. The van der Waals surface area contributed by atoms with Crippen molar-refractivity contribution in [3.05, 3.63) is 54.1 Å². The first-order valence-electron chi connectivity index (χ1n) is 10.1. The van der Waals surface area contributed by atoms with Gasteiger partial charge in [0.1, 0.15) is 17.1 Å². The quantitative estimate of drug-likeness (QED) is 0.506. The van der Waals surface area contributed by atoms with Crippen LogP contribution in [0.25, 0.3) is 21.1 Å². The van der Waals surface area contributed by atoms with E-state index in [-0.39, 0.29) is 12.5 Å². The zero-order valence-electron chi connectivity index (χ0n) is 16.7. The molecule has 0 radical (unpaired) electrons. The molecule has 30 heavy (non-hydrogen) atoms. The first kappa shape index (κ1) is 18.8. The smallest absolute Gasteiger partial charge is 0.264 e. The van der Waals surface area contributed by atoms with E-state index in [0.29, 0.717) is 10.9 Å². The lowest BCUT2D eigenvalue weighted by Gasteiger charge is -2.17. The van der Waals surface area contributed by atoms with Crippen LogP contribution in [0.4, 0.5) is 10.9 Å². The molecule has 3 heterocycles.